The molecule has 0 atom stereocenters. The van der Waals surface area contributed by atoms with Gasteiger partial charge in [0.25, 0.3) is 0 Å². The van der Waals surface area contributed by atoms with Gasteiger partial charge >= 0.3 is 0 Å². The number of carbonyl (C=O) groups is 7. The molecule has 18 nitrogen and oxygen atoms in total. The average Bonchev–Trinajstić information content (AvgIpc) is 0.952. The molecule has 0 spiro atoms. The Hall–Kier alpha value is -3.55. The summed E-state index contributed by atoms with van der Waals surface area (Å²) in [5, 5.41) is 26.3. The minimum Gasteiger partial charge on any atom is -0.356 e. The summed E-state index contributed by atoms with van der Waals surface area (Å²) in [7, 11) is 0. The molecule has 0 aliphatic rings. The molecule has 0 aliphatic heterocycles. The zero-order chi connectivity index (χ0) is 101. The third kappa shape index (κ3) is 116. The van der Waals surface area contributed by atoms with Gasteiger partial charge in [0, 0.05) is 136 Å². The van der Waals surface area contributed by atoms with Gasteiger partial charge in [-0.1, -0.05) is 466 Å². The van der Waals surface area contributed by atoms with E-state index in [9.17, 15) is 33.6 Å². The molecule has 0 aromatic rings. The van der Waals surface area contributed by atoms with E-state index in [1.54, 1.807) is 0 Å². The van der Waals surface area contributed by atoms with Gasteiger partial charge in [0.05, 0.1) is 0 Å². The van der Waals surface area contributed by atoms with Crippen LogP contribution in [0.4, 0.5) is 0 Å². The maximum Gasteiger partial charge on any atom is 0.221 e. The van der Waals surface area contributed by atoms with E-state index in [2.05, 4.69) is 106 Å². The summed E-state index contributed by atoms with van der Waals surface area (Å²) in [5.41, 5.74) is 0. The van der Waals surface area contributed by atoms with E-state index in [-0.39, 0.29) is 29.5 Å². The van der Waals surface area contributed by atoms with Crippen LogP contribution in [0.2, 0.25) is 0 Å². The van der Waals surface area contributed by atoms with Crippen LogP contribution in [0.3, 0.4) is 0 Å². The highest BCUT2D eigenvalue weighted by molar-refractivity contribution is 5.79. The van der Waals surface area contributed by atoms with Crippen molar-refractivity contribution in [3.63, 3.8) is 0 Å². The zero-order valence-corrected chi connectivity index (χ0v) is 94.4. The molecule has 0 unspecified atom stereocenters. The average molecular weight is 1960 g/mol. The Balaban J connectivity index is 0. The predicted octanol–water partition coefficient (Wildman–Crippen LogP) is 30.4. The van der Waals surface area contributed by atoms with E-state index in [4.69, 9.17) is 0 Å². The lowest BCUT2D eigenvalue weighted by Crippen LogP contribution is -2.35. The van der Waals surface area contributed by atoms with E-state index in [1.807, 2.05) is 0 Å². The Morgan fingerprint density at radius 1 is 0.129 bits per heavy atom. The fraction of sp³-hybridized carbons (Fsp3) is 0.942. The highest BCUT2D eigenvalue weighted by Crippen LogP contribution is 2.20. The number of nitrogens with one attached hydrogen (secondary N) is 8. The van der Waals surface area contributed by atoms with Crippen molar-refractivity contribution in [1.82, 2.24) is 57.2 Å². The smallest absolute Gasteiger partial charge is 0.221 e. The van der Waals surface area contributed by atoms with Crippen LogP contribution in [-0.2, 0) is 33.6 Å². The Morgan fingerprint density at radius 2 is 0.288 bits per heavy atom. The number of hydrogen-bond acceptors (Lipinski definition) is 13. The van der Waals surface area contributed by atoms with Crippen LogP contribution in [-0.4, -0.2) is 187 Å². The van der Waals surface area contributed by atoms with Crippen molar-refractivity contribution in [2.45, 2.75) is 607 Å². The molecule has 8 N–H and O–H groups in total. The number of hydrogen-bond donors (Lipinski definition) is 8. The summed E-state index contributed by atoms with van der Waals surface area (Å²) >= 11 is 0. The summed E-state index contributed by atoms with van der Waals surface area (Å²) in [6, 6.07) is 0. The third-order valence-corrected chi connectivity index (χ3v) is 28.6. The van der Waals surface area contributed by atoms with Crippen molar-refractivity contribution in [3.8, 4) is 0 Å². The first-order valence-corrected chi connectivity index (χ1v) is 62.0. The second-order valence-corrected chi connectivity index (χ2v) is 42.5. The van der Waals surface area contributed by atoms with Crippen LogP contribution < -0.4 is 42.5 Å². The largest absolute Gasteiger partial charge is 0.356 e. The van der Waals surface area contributed by atoms with E-state index >= 15 is 0 Å². The second-order valence-electron chi connectivity index (χ2n) is 42.5. The van der Waals surface area contributed by atoms with Crippen molar-refractivity contribution >= 4 is 41.1 Å². The highest BCUT2D eigenvalue weighted by Gasteiger charge is 2.17. The van der Waals surface area contributed by atoms with Crippen LogP contribution in [0.1, 0.15) is 607 Å². The lowest BCUT2D eigenvalue weighted by atomic mass is 10.0. The zero-order valence-electron chi connectivity index (χ0n) is 94.4. The summed E-state index contributed by atoms with van der Waals surface area (Å²) < 4.78 is 0. The summed E-state index contributed by atoms with van der Waals surface area (Å²) in [6.45, 7) is 32.2. The first-order chi connectivity index (χ1) is 68.4. The molecule has 0 bridgehead atoms. The predicted molar refractivity (Wildman–Crippen MR) is 604 cm³/mol. The number of carbonyl (C=O) groups excluding carboxylic acids is 7. The van der Waals surface area contributed by atoms with Crippen molar-refractivity contribution in [2.24, 2.45) is 0 Å². The molecule has 0 rings (SSSR count). The van der Waals surface area contributed by atoms with Crippen molar-refractivity contribution in [1.29, 1.82) is 0 Å². The van der Waals surface area contributed by atoms with Crippen LogP contribution in [0.15, 0.2) is 0 Å². The van der Waals surface area contributed by atoms with Crippen molar-refractivity contribution < 1.29 is 33.6 Å². The van der Waals surface area contributed by atoms with Gasteiger partial charge in [-0.3, -0.25) is 33.6 Å². The lowest BCUT2D eigenvalue weighted by molar-refractivity contribution is -0.122. The molecule has 18 heteroatoms. The minimum atomic E-state index is 0.124. The number of unbranched alkanes of at least 4 members (excludes halogenated alkanes) is 67. The normalized spacial score (nSPS) is 11.5. The van der Waals surface area contributed by atoms with Gasteiger partial charge in [0.2, 0.25) is 29.5 Å². The minimum absolute atomic E-state index is 0.124. The molecule has 139 heavy (non-hydrogen) atoms. The molecule has 0 aliphatic carbocycles. The van der Waals surface area contributed by atoms with E-state index in [0.717, 1.165) is 201 Å². The summed E-state index contributed by atoms with van der Waals surface area (Å²) in [4.78, 5) is 96.6. The van der Waals surface area contributed by atoms with Crippen LogP contribution in [0.5, 0.6) is 0 Å². The van der Waals surface area contributed by atoms with Crippen LogP contribution >= 0.6 is 0 Å². The van der Waals surface area contributed by atoms with E-state index in [1.165, 1.54) is 411 Å². The number of Topliss-reactive ketones (excluding diaryl/α,β-unsaturated/α-hetero) is 2. The molecule has 0 saturated heterocycles. The van der Waals surface area contributed by atoms with E-state index < -0.39 is 0 Å². The Bertz CT molecular complexity index is 2430. The Kier molecular flexibility index (Phi) is 118. The van der Waals surface area contributed by atoms with Crippen molar-refractivity contribution in [2.75, 3.05) is 131 Å². The van der Waals surface area contributed by atoms with E-state index in [0.29, 0.717) is 89.0 Å². The summed E-state index contributed by atoms with van der Waals surface area (Å²) in [5.74, 6) is 1.45. The standard InChI is InChI=1S/C68H136N6O4.C53H107N5O3/c1-5-9-13-17-21-25-29-30-34-38-42-49-65(75)51-62-74(64-53-68(78)72-57-45-41-37-33-28-24-20-16-12-8-4)60-47-46-59-73(63-52-67(77)71-56-44-40-36-32-27-23-19-15-11-7-3)61-48-54-69-58-50-66(76)70-55-43-39-35-31-26-22-18-14-10-6-2;1-4-7-10-13-16-19-22-23-26-29-32-38-51(59)40-49-58(50-41-53(61)57-46-34-31-28-25-21-18-15-12-9-6-3)48-36-35-42-54-43-37-44-55-47-39-52(60)56-45-33-30-27-24-20-17-14-11-8-5-2/h69H,5-64H2,1-4H3,(H,70,76)(H,71,77)(H,72,78);54-55H,4-50H2,1-3H3,(H,56,60)(H,57,61). The number of ketones is 2. The van der Waals surface area contributed by atoms with Gasteiger partial charge in [-0.15, -0.1) is 0 Å². The quantitative estimate of drug-likeness (QED) is 0.0266. The molecule has 0 heterocycles. The molecule has 0 fully saturated rings. The molecule has 5 amide bonds. The van der Waals surface area contributed by atoms with Crippen LogP contribution in [0.25, 0.3) is 0 Å². The SMILES string of the molecule is CCCCCCCCCCCCCC(=O)CCN(CCCCN(CCCNCCC(=O)NCCCCCCCCCCCC)CCC(=O)NCCCCCCCCCCCC)CCC(=O)NCCCCCCCCCCCC.CCCCCCCCCCCCCC(=O)CCN(CCCCNCCCNCCC(=O)NCCCCCCCCCCCC)CCC(=O)NCCCCCCCCCCCC. The topological polar surface area (TPSA) is 225 Å². The first-order valence-electron chi connectivity index (χ1n) is 62.0. The molecule has 0 aromatic heterocycles. The highest BCUT2D eigenvalue weighted by atomic mass is 16.2. The number of amides is 5. The molecular weight excluding hydrogens is 1720 g/mol. The molecular formula is C121H243N11O7. The Morgan fingerprint density at radius 3 is 0.525 bits per heavy atom. The molecule has 0 aromatic carbocycles. The van der Waals surface area contributed by atoms with Gasteiger partial charge in [-0.2, -0.15) is 0 Å². The van der Waals surface area contributed by atoms with Crippen molar-refractivity contribution in [3.05, 3.63) is 0 Å². The number of nitrogens with zero attached hydrogens (tertiary/aromatic N) is 3. The van der Waals surface area contributed by atoms with Gasteiger partial charge in [-0.05, 0) is 136 Å². The monoisotopic (exact) mass is 1960 g/mol. The fourth-order valence-corrected chi connectivity index (χ4v) is 19.0. The molecule has 0 radical (unpaired) electrons. The van der Waals surface area contributed by atoms with Gasteiger partial charge in [-0.25, -0.2) is 0 Å². The Labute approximate surface area is 864 Å². The maximum absolute atomic E-state index is 13.1. The second kappa shape index (κ2) is 120. The third-order valence-electron chi connectivity index (χ3n) is 28.6. The van der Waals surface area contributed by atoms with Gasteiger partial charge in [0.15, 0.2) is 0 Å². The van der Waals surface area contributed by atoms with Gasteiger partial charge < -0.3 is 57.2 Å². The van der Waals surface area contributed by atoms with Gasteiger partial charge in [0.1, 0.15) is 11.6 Å². The van der Waals surface area contributed by atoms with Crippen LogP contribution in [0, 0.1) is 0 Å². The fourth-order valence-electron chi connectivity index (χ4n) is 19.0. The number of rotatable bonds is 118. The maximum atomic E-state index is 13.1. The first kappa shape index (κ1) is 137. The molecule has 0 saturated carbocycles. The summed E-state index contributed by atoms with van der Waals surface area (Å²) in [6.07, 6.45) is 105. The molecule has 824 valence electrons. The lowest BCUT2D eigenvalue weighted by Gasteiger charge is -2.24.